The third-order valence-corrected chi connectivity index (χ3v) is 7.21. The number of hydrogen-bond acceptors (Lipinski definition) is 4. The number of fused-ring (bicyclic) bond motifs is 1. The second-order valence-electron chi connectivity index (χ2n) is 10.2. The maximum absolute atomic E-state index is 12.0. The largest absolute Gasteiger partial charge is 0.384 e. The first-order chi connectivity index (χ1) is 17.2. The summed E-state index contributed by atoms with van der Waals surface area (Å²) < 4.78 is 0. The molecule has 0 aromatic heterocycles. The molecule has 35 heavy (non-hydrogen) atoms. The highest BCUT2D eigenvalue weighted by atomic mass is 16.3. The summed E-state index contributed by atoms with van der Waals surface area (Å²) in [5.74, 6) is 0.298. The van der Waals surface area contributed by atoms with E-state index in [1.165, 1.54) is 96.3 Å². The number of nitrogens with zero attached hydrogens (tertiary/aromatic N) is 1. The van der Waals surface area contributed by atoms with Crippen LogP contribution in [0.5, 0.6) is 0 Å². The maximum Gasteiger partial charge on any atom is 0.314 e. The number of nitrogens with one attached hydrogen (secondary N) is 3. The van der Waals surface area contributed by atoms with Crippen LogP contribution in [0.4, 0.5) is 16.2 Å². The van der Waals surface area contributed by atoms with Crippen LogP contribution in [-0.2, 0) is 0 Å². The van der Waals surface area contributed by atoms with Crippen LogP contribution in [0.25, 0.3) is 0 Å². The van der Waals surface area contributed by atoms with Crippen LogP contribution in [0.15, 0.2) is 23.4 Å². The molecular formula is C29H50N4O2. The number of rotatable bonds is 21. The van der Waals surface area contributed by atoms with Crippen molar-refractivity contribution in [2.45, 2.75) is 122 Å². The Bertz CT molecular complexity index is 710. The first-order valence-electron chi connectivity index (χ1n) is 14.5. The molecule has 0 radical (unpaired) electrons. The van der Waals surface area contributed by atoms with E-state index in [2.05, 4.69) is 28.1 Å². The molecule has 0 spiro atoms. The first kappa shape index (κ1) is 29.1. The van der Waals surface area contributed by atoms with Crippen molar-refractivity contribution in [2.24, 2.45) is 5.18 Å². The standard InChI is InChI=1S/C29H50N4O2/c1-2-3-4-5-6-7-8-9-10-11-12-13-14-15-16-17-21-30-29(34)31-22-20-25-24-32-28-19-18-26(33-35)23-27(25)28/h18-19,23,25,32H,2-17,20-22,24H2,1H3,(H2,30,31,34). The Morgan fingerprint density at radius 3 is 1.94 bits per heavy atom. The van der Waals surface area contributed by atoms with Gasteiger partial charge in [-0.1, -0.05) is 103 Å². The van der Waals surface area contributed by atoms with Gasteiger partial charge in [0.15, 0.2) is 0 Å². The van der Waals surface area contributed by atoms with Gasteiger partial charge in [0.05, 0.1) is 0 Å². The van der Waals surface area contributed by atoms with Gasteiger partial charge in [-0.25, -0.2) is 4.79 Å². The number of carbonyl (C=O) groups is 1. The van der Waals surface area contributed by atoms with Gasteiger partial charge in [0.2, 0.25) is 0 Å². The third kappa shape index (κ3) is 13.0. The number of anilines is 1. The molecule has 0 saturated carbocycles. The Balaban J connectivity index is 1.33. The molecule has 0 fully saturated rings. The average molecular weight is 487 g/mol. The van der Waals surface area contributed by atoms with Gasteiger partial charge in [-0.15, -0.1) is 4.91 Å². The third-order valence-electron chi connectivity index (χ3n) is 7.21. The predicted octanol–water partition coefficient (Wildman–Crippen LogP) is 8.54. The van der Waals surface area contributed by atoms with Gasteiger partial charge in [-0.05, 0) is 41.8 Å². The van der Waals surface area contributed by atoms with Crippen LogP contribution in [-0.4, -0.2) is 25.7 Å². The van der Waals surface area contributed by atoms with Crippen molar-refractivity contribution < 1.29 is 4.79 Å². The first-order valence-corrected chi connectivity index (χ1v) is 14.5. The summed E-state index contributed by atoms with van der Waals surface area (Å²) in [6.45, 7) is 4.48. The molecular weight excluding hydrogens is 436 g/mol. The fourth-order valence-corrected chi connectivity index (χ4v) is 5.00. The lowest BCUT2D eigenvalue weighted by molar-refractivity contribution is 0.240. The number of carbonyl (C=O) groups excluding carboxylic acids is 1. The van der Waals surface area contributed by atoms with E-state index in [1.807, 2.05) is 12.1 Å². The van der Waals surface area contributed by atoms with E-state index in [0.717, 1.165) is 37.2 Å². The van der Waals surface area contributed by atoms with Crippen LogP contribution in [0.1, 0.15) is 128 Å². The smallest absolute Gasteiger partial charge is 0.314 e. The van der Waals surface area contributed by atoms with Gasteiger partial charge in [0, 0.05) is 31.2 Å². The van der Waals surface area contributed by atoms with Crippen LogP contribution in [0.2, 0.25) is 0 Å². The molecule has 2 amide bonds. The Kier molecular flexibility index (Phi) is 15.9. The number of hydrogen-bond donors (Lipinski definition) is 3. The minimum absolute atomic E-state index is 0.0829. The molecule has 198 valence electrons. The van der Waals surface area contributed by atoms with E-state index in [1.54, 1.807) is 6.07 Å². The highest BCUT2D eigenvalue weighted by molar-refractivity contribution is 5.73. The predicted molar refractivity (Wildman–Crippen MR) is 149 cm³/mol. The van der Waals surface area contributed by atoms with E-state index >= 15 is 0 Å². The average Bonchev–Trinajstić information content (AvgIpc) is 3.28. The zero-order valence-corrected chi connectivity index (χ0v) is 22.2. The van der Waals surface area contributed by atoms with Crippen molar-refractivity contribution in [3.63, 3.8) is 0 Å². The van der Waals surface area contributed by atoms with Crippen molar-refractivity contribution in [2.75, 3.05) is 25.0 Å². The minimum Gasteiger partial charge on any atom is -0.384 e. The highest BCUT2D eigenvalue weighted by Crippen LogP contribution is 2.35. The zero-order valence-electron chi connectivity index (χ0n) is 22.2. The molecule has 0 aliphatic carbocycles. The van der Waals surface area contributed by atoms with Crippen molar-refractivity contribution in [1.82, 2.24) is 10.6 Å². The molecule has 1 aromatic rings. The Labute approximate surface area is 213 Å². The monoisotopic (exact) mass is 486 g/mol. The van der Waals surface area contributed by atoms with Gasteiger partial charge in [-0.2, -0.15) is 0 Å². The summed E-state index contributed by atoms with van der Waals surface area (Å²) >= 11 is 0. The van der Waals surface area contributed by atoms with Crippen LogP contribution < -0.4 is 16.0 Å². The molecule has 1 heterocycles. The Morgan fingerprint density at radius 1 is 0.829 bits per heavy atom. The summed E-state index contributed by atoms with van der Waals surface area (Å²) in [5.41, 5.74) is 2.65. The van der Waals surface area contributed by atoms with Crippen molar-refractivity contribution in [3.8, 4) is 0 Å². The molecule has 2 rings (SSSR count). The van der Waals surface area contributed by atoms with E-state index in [-0.39, 0.29) is 6.03 Å². The normalized spacial score (nSPS) is 14.4. The molecule has 1 atom stereocenters. The number of benzene rings is 1. The second kappa shape index (κ2) is 19.1. The van der Waals surface area contributed by atoms with E-state index in [9.17, 15) is 9.70 Å². The highest BCUT2D eigenvalue weighted by Gasteiger charge is 2.22. The van der Waals surface area contributed by atoms with Crippen molar-refractivity contribution in [3.05, 3.63) is 28.7 Å². The summed E-state index contributed by atoms with van der Waals surface area (Å²) in [4.78, 5) is 22.8. The summed E-state index contributed by atoms with van der Waals surface area (Å²) in [6.07, 6.45) is 22.6. The van der Waals surface area contributed by atoms with Crippen LogP contribution >= 0.6 is 0 Å². The number of amides is 2. The van der Waals surface area contributed by atoms with Gasteiger partial charge >= 0.3 is 6.03 Å². The molecule has 3 N–H and O–H groups in total. The van der Waals surface area contributed by atoms with E-state index in [0.29, 0.717) is 18.2 Å². The Hall–Kier alpha value is -2.11. The van der Waals surface area contributed by atoms with Gasteiger partial charge < -0.3 is 16.0 Å². The molecule has 1 unspecified atom stereocenters. The van der Waals surface area contributed by atoms with Gasteiger partial charge in [-0.3, -0.25) is 0 Å². The fraction of sp³-hybridized carbons (Fsp3) is 0.759. The molecule has 1 aliphatic rings. The second-order valence-corrected chi connectivity index (χ2v) is 10.2. The minimum atomic E-state index is -0.0829. The molecule has 6 heteroatoms. The lowest BCUT2D eigenvalue weighted by Gasteiger charge is -2.12. The van der Waals surface area contributed by atoms with E-state index in [4.69, 9.17) is 0 Å². The molecule has 1 aromatic carbocycles. The number of unbranched alkanes of at least 4 members (excludes halogenated alkanes) is 15. The van der Waals surface area contributed by atoms with E-state index < -0.39 is 0 Å². The molecule has 6 nitrogen and oxygen atoms in total. The summed E-state index contributed by atoms with van der Waals surface area (Å²) in [7, 11) is 0. The Morgan fingerprint density at radius 2 is 1.37 bits per heavy atom. The van der Waals surface area contributed by atoms with Crippen LogP contribution in [0.3, 0.4) is 0 Å². The maximum atomic E-state index is 12.0. The summed E-state index contributed by atoms with van der Waals surface area (Å²) in [5, 5.41) is 12.3. The number of nitroso groups, excluding NO2 is 1. The SMILES string of the molecule is CCCCCCCCCCCCCCCCCCNC(=O)NCCC1CNc2ccc(N=O)cc21. The van der Waals surface area contributed by atoms with Crippen molar-refractivity contribution in [1.29, 1.82) is 0 Å². The topological polar surface area (TPSA) is 82.6 Å². The lowest BCUT2D eigenvalue weighted by atomic mass is 9.97. The van der Waals surface area contributed by atoms with Gasteiger partial charge in [0.25, 0.3) is 0 Å². The molecule has 0 bridgehead atoms. The number of urea groups is 1. The lowest BCUT2D eigenvalue weighted by Crippen LogP contribution is -2.37. The fourth-order valence-electron chi connectivity index (χ4n) is 5.00. The summed E-state index contributed by atoms with van der Waals surface area (Å²) in [6, 6.07) is 5.40. The quantitative estimate of drug-likeness (QED) is 0.120. The van der Waals surface area contributed by atoms with Crippen molar-refractivity contribution >= 4 is 17.4 Å². The molecule has 1 aliphatic heterocycles. The zero-order chi connectivity index (χ0) is 25.0. The molecule has 0 saturated heterocycles. The van der Waals surface area contributed by atoms with Gasteiger partial charge in [0.1, 0.15) is 5.69 Å². The van der Waals surface area contributed by atoms with Crippen LogP contribution in [0, 0.1) is 4.91 Å².